The van der Waals surface area contributed by atoms with Gasteiger partial charge in [0.2, 0.25) is 0 Å². The third-order valence-corrected chi connectivity index (χ3v) is 2.70. The lowest BCUT2D eigenvalue weighted by Crippen LogP contribution is -2.29. The van der Waals surface area contributed by atoms with Crippen LogP contribution in [0, 0.1) is 6.92 Å². The summed E-state index contributed by atoms with van der Waals surface area (Å²) in [4.78, 5) is 2.02. The van der Waals surface area contributed by atoms with Gasteiger partial charge >= 0.3 is 5.82 Å². The van der Waals surface area contributed by atoms with Crippen LogP contribution in [0.2, 0.25) is 0 Å². The molecule has 0 fully saturated rings. The highest BCUT2D eigenvalue weighted by Crippen LogP contribution is 2.20. The smallest absolute Gasteiger partial charge is 0.378 e. The third-order valence-electron chi connectivity index (χ3n) is 2.70. The van der Waals surface area contributed by atoms with Gasteiger partial charge in [0, 0.05) is 25.8 Å². The highest BCUT2D eigenvalue weighted by Gasteiger charge is 2.08. The van der Waals surface area contributed by atoms with Gasteiger partial charge in [-0.1, -0.05) is 0 Å². The Morgan fingerprint density at radius 3 is 2.37 bits per heavy atom. The molecule has 5 heteroatoms. The Morgan fingerprint density at radius 1 is 1.05 bits per heavy atom. The van der Waals surface area contributed by atoms with Crippen LogP contribution in [0.3, 0.4) is 0 Å². The molecule has 19 heavy (non-hydrogen) atoms. The summed E-state index contributed by atoms with van der Waals surface area (Å²) in [6.45, 7) is 1.94. The fraction of sp³-hybridized carbons (Fsp3) is 0.214. The van der Waals surface area contributed by atoms with E-state index in [2.05, 4.69) is 10.2 Å². The Balaban J connectivity index is 2.20. The summed E-state index contributed by atoms with van der Waals surface area (Å²) in [6.07, 6.45) is 1.54. The standard InChI is InChI=1S/C14H17N4O/c1-11-8-9-18(19)14(10-11)16-15-12-4-6-13(7-5-12)17(2)3/h4-10,19H,1-3H3/q+1. The van der Waals surface area contributed by atoms with Crippen molar-refractivity contribution in [2.75, 3.05) is 19.0 Å². The second kappa shape index (κ2) is 5.48. The van der Waals surface area contributed by atoms with Crippen LogP contribution in [0.25, 0.3) is 0 Å². The first-order valence-corrected chi connectivity index (χ1v) is 5.97. The summed E-state index contributed by atoms with van der Waals surface area (Å²) in [5, 5.41) is 17.7. The Hall–Kier alpha value is -2.43. The first-order valence-electron chi connectivity index (χ1n) is 5.97. The molecule has 2 rings (SSSR count). The van der Waals surface area contributed by atoms with Crippen LogP contribution < -0.4 is 9.63 Å². The van der Waals surface area contributed by atoms with Crippen LogP contribution in [-0.4, -0.2) is 19.3 Å². The van der Waals surface area contributed by atoms with Gasteiger partial charge in [0.05, 0.1) is 5.11 Å². The molecule has 0 aliphatic heterocycles. The Kier molecular flexibility index (Phi) is 3.75. The van der Waals surface area contributed by atoms with Crippen molar-refractivity contribution >= 4 is 17.2 Å². The van der Waals surface area contributed by atoms with E-state index in [0.717, 1.165) is 21.7 Å². The maximum absolute atomic E-state index is 9.59. The fourth-order valence-electron chi connectivity index (χ4n) is 1.58. The zero-order valence-corrected chi connectivity index (χ0v) is 11.3. The molecule has 0 unspecified atom stereocenters. The van der Waals surface area contributed by atoms with Gasteiger partial charge in [0.1, 0.15) is 11.9 Å². The molecular formula is C14H17N4O+. The largest absolute Gasteiger partial charge is 0.388 e. The van der Waals surface area contributed by atoms with Gasteiger partial charge < -0.3 is 10.1 Å². The maximum Gasteiger partial charge on any atom is 0.388 e. The van der Waals surface area contributed by atoms with Crippen LogP contribution in [0.1, 0.15) is 5.56 Å². The zero-order chi connectivity index (χ0) is 13.8. The van der Waals surface area contributed by atoms with Gasteiger partial charge in [0.25, 0.3) is 0 Å². The van der Waals surface area contributed by atoms with Crippen LogP contribution in [0.4, 0.5) is 17.2 Å². The minimum Gasteiger partial charge on any atom is -0.378 e. The minimum absolute atomic E-state index is 0.400. The maximum atomic E-state index is 9.59. The second-order valence-electron chi connectivity index (χ2n) is 4.52. The Labute approximate surface area is 112 Å². The highest BCUT2D eigenvalue weighted by atomic mass is 16.5. The van der Waals surface area contributed by atoms with Crippen LogP contribution in [0.5, 0.6) is 0 Å². The summed E-state index contributed by atoms with van der Waals surface area (Å²) in [5.41, 5.74) is 2.86. The van der Waals surface area contributed by atoms with E-state index in [0.29, 0.717) is 5.82 Å². The van der Waals surface area contributed by atoms with Gasteiger partial charge in [-0.15, -0.1) is 0 Å². The number of nitrogens with zero attached hydrogens (tertiary/aromatic N) is 4. The fourth-order valence-corrected chi connectivity index (χ4v) is 1.58. The van der Waals surface area contributed by atoms with Crippen LogP contribution in [-0.2, 0) is 0 Å². The van der Waals surface area contributed by atoms with Gasteiger partial charge in [-0.05, 0) is 52.7 Å². The summed E-state index contributed by atoms with van der Waals surface area (Å²) in [6, 6.07) is 11.3. The third kappa shape index (κ3) is 3.28. The van der Waals surface area contributed by atoms with Crippen LogP contribution >= 0.6 is 0 Å². The summed E-state index contributed by atoms with van der Waals surface area (Å²) in [5.74, 6) is 0.400. The number of rotatable bonds is 3. The van der Waals surface area contributed by atoms with Crippen molar-refractivity contribution in [3.63, 3.8) is 0 Å². The van der Waals surface area contributed by atoms with Crippen molar-refractivity contribution in [2.24, 2.45) is 10.2 Å². The molecule has 0 spiro atoms. The molecule has 0 radical (unpaired) electrons. The molecule has 1 heterocycles. The highest BCUT2D eigenvalue weighted by molar-refractivity contribution is 5.51. The minimum atomic E-state index is 0.400. The van der Waals surface area contributed by atoms with Crippen molar-refractivity contribution in [1.29, 1.82) is 0 Å². The SMILES string of the molecule is Cc1cc[n+](O)c(N=Nc2ccc(N(C)C)cc2)c1. The molecule has 1 N–H and O–H groups in total. The van der Waals surface area contributed by atoms with Crippen molar-refractivity contribution in [2.45, 2.75) is 6.92 Å². The summed E-state index contributed by atoms with van der Waals surface area (Å²) >= 11 is 0. The lowest BCUT2D eigenvalue weighted by Gasteiger charge is -2.11. The average Bonchev–Trinajstić information content (AvgIpc) is 2.40. The van der Waals surface area contributed by atoms with Gasteiger partial charge in [-0.25, -0.2) is 0 Å². The van der Waals surface area contributed by atoms with E-state index in [1.807, 2.05) is 50.2 Å². The molecule has 98 valence electrons. The van der Waals surface area contributed by atoms with E-state index in [4.69, 9.17) is 0 Å². The van der Waals surface area contributed by atoms with Crippen LogP contribution in [0.15, 0.2) is 52.8 Å². The quantitative estimate of drug-likeness (QED) is 0.522. The number of pyridine rings is 1. The summed E-state index contributed by atoms with van der Waals surface area (Å²) < 4.78 is 0.949. The zero-order valence-electron chi connectivity index (χ0n) is 11.3. The number of azo groups is 1. The Bertz CT molecular complexity index is 591. The number of benzene rings is 1. The lowest BCUT2D eigenvalue weighted by molar-refractivity contribution is -0.894. The molecule has 0 bridgehead atoms. The van der Waals surface area contributed by atoms with Crippen molar-refractivity contribution in [3.8, 4) is 0 Å². The molecule has 1 aromatic heterocycles. The average molecular weight is 257 g/mol. The topological polar surface area (TPSA) is 52.1 Å². The van der Waals surface area contributed by atoms with E-state index >= 15 is 0 Å². The van der Waals surface area contributed by atoms with Gasteiger partial charge in [-0.3, -0.25) is 0 Å². The van der Waals surface area contributed by atoms with Gasteiger partial charge in [-0.2, -0.15) is 0 Å². The molecule has 0 saturated carbocycles. The predicted molar refractivity (Wildman–Crippen MR) is 73.5 cm³/mol. The predicted octanol–water partition coefficient (Wildman–Crippen LogP) is 3.00. The van der Waals surface area contributed by atoms with Crippen molar-refractivity contribution in [3.05, 3.63) is 48.2 Å². The van der Waals surface area contributed by atoms with E-state index in [1.165, 1.54) is 0 Å². The molecule has 0 aliphatic rings. The molecule has 2 aromatic rings. The number of hydrogen-bond donors (Lipinski definition) is 1. The Morgan fingerprint density at radius 2 is 1.74 bits per heavy atom. The monoisotopic (exact) mass is 257 g/mol. The molecule has 5 nitrogen and oxygen atoms in total. The van der Waals surface area contributed by atoms with Crippen molar-refractivity contribution < 1.29 is 9.94 Å². The van der Waals surface area contributed by atoms with E-state index in [-0.39, 0.29) is 0 Å². The molecular weight excluding hydrogens is 240 g/mol. The number of hydrogen-bond acceptors (Lipinski definition) is 4. The number of aryl methyl sites for hydroxylation is 1. The first kappa shape index (κ1) is 13.0. The van der Waals surface area contributed by atoms with Crippen molar-refractivity contribution in [1.82, 2.24) is 0 Å². The van der Waals surface area contributed by atoms with E-state index in [1.54, 1.807) is 18.3 Å². The molecule has 1 aromatic carbocycles. The first-order chi connectivity index (χ1) is 9.06. The van der Waals surface area contributed by atoms with Gasteiger partial charge in [0.15, 0.2) is 0 Å². The lowest BCUT2D eigenvalue weighted by atomic mass is 10.3. The van der Waals surface area contributed by atoms with E-state index in [9.17, 15) is 5.21 Å². The molecule has 0 aliphatic carbocycles. The summed E-state index contributed by atoms with van der Waals surface area (Å²) in [7, 11) is 3.97. The normalized spacial score (nSPS) is 10.9. The molecule has 0 saturated heterocycles. The van der Waals surface area contributed by atoms with E-state index < -0.39 is 0 Å². The number of aromatic nitrogens is 1. The second-order valence-corrected chi connectivity index (χ2v) is 4.52. The number of anilines is 1. The molecule has 0 amide bonds. The molecule has 0 atom stereocenters.